The van der Waals surface area contributed by atoms with Crippen molar-refractivity contribution in [2.75, 3.05) is 32.8 Å². The molecule has 0 aliphatic carbocycles. The van der Waals surface area contributed by atoms with Crippen molar-refractivity contribution < 1.29 is 13.9 Å². The van der Waals surface area contributed by atoms with Crippen LogP contribution >= 0.6 is 0 Å². The minimum Gasteiger partial charge on any atom is -0.493 e. The molecule has 174 valence electrons. The Morgan fingerprint density at radius 1 is 1.16 bits per heavy atom. The lowest BCUT2D eigenvalue weighted by Gasteiger charge is -2.26. The van der Waals surface area contributed by atoms with E-state index in [1.54, 1.807) is 12.1 Å². The van der Waals surface area contributed by atoms with Gasteiger partial charge in [-0.15, -0.1) is 0 Å². The fourth-order valence-corrected chi connectivity index (χ4v) is 3.95. The smallest absolute Gasteiger partial charge is 0.317 e. The van der Waals surface area contributed by atoms with Crippen LogP contribution in [0.1, 0.15) is 38.3 Å². The molecule has 1 aliphatic heterocycles. The Bertz CT molecular complexity index is 839. The Labute approximate surface area is 191 Å². The van der Waals surface area contributed by atoms with Crippen molar-refractivity contribution in [1.82, 2.24) is 15.1 Å². The number of hydrogen-bond donors (Lipinski definition) is 1. The number of urea groups is 1. The molecule has 0 radical (unpaired) electrons. The van der Waals surface area contributed by atoms with Gasteiger partial charge >= 0.3 is 6.03 Å². The summed E-state index contributed by atoms with van der Waals surface area (Å²) in [6.07, 6.45) is 1.10. The number of hydrogen-bond acceptors (Lipinski definition) is 3. The van der Waals surface area contributed by atoms with Gasteiger partial charge in [-0.1, -0.05) is 45.0 Å². The van der Waals surface area contributed by atoms with E-state index in [0.717, 1.165) is 42.9 Å². The van der Waals surface area contributed by atoms with Gasteiger partial charge in [-0.2, -0.15) is 0 Å². The van der Waals surface area contributed by atoms with Crippen LogP contribution in [-0.2, 0) is 13.1 Å². The number of carbonyl (C=O) groups is 1. The number of halogens is 1. The summed E-state index contributed by atoms with van der Waals surface area (Å²) in [6, 6.07) is 14.1. The number of nitrogens with zero attached hydrogens (tertiary/aromatic N) is 2. The Kier molecular flexibility index (Phi) is 8.91. The largest absolute Gasteiger partial charge is 0.493 e. The van der Waals surface area contributed by atoms with Crippen LogP contribution in [0.15, 0.2) is 48.5 Å². The van der Waals surface area contributed by atoms with Crippen molar-refractivity contribution in [3.63, 3.8) is 0 Å². The molecule has 5 nitrogen and oxygen atoms in total. The zero-order valence-corrected chi connectivity index (χ0v) is 19.5. The molecule has 0 saturated carbocycles. The molecule has 0 aromatic heterocycles. The quantitative estimate of drug-likeness (QED) is 0.570. The summed E-state index contributed by atoms with van der Waals surface area (Å²) in [4.78, 5) is 17.4. The fraction of sp³-hybridized carbons (Fsp3) is 0.500. The van der Waals surface area contributed by atoms with Gasteiger partial charge in [-0.3, -0.25) is 0 Å². The van der Waals surface area contributed by atoms with E-state index in [-0.39, 0.29) is 11.8 Å². The molecule has 1 N–H and O–H groups in total. The first-order valence-electron chi connectivity index (χ1n) is 11.6. The number of benzene rings is 2. The Hall–Kier alpha value is -2.60. The molecule has 6 heteroatoms. The van der Waals surface area contributed by atoms with Crippen molar-refractivity contribution >= 4 is 6.03 Å². The summed E-state index contributed by atoms with van der Waals surface area (Å²) >= 11 is 0. The Morgan fingerprint density at radius 2 is 1.84 bits per heavy atom. The average molecular weight is 442 g/mol. The second kappa shape index (κ2) is 11.9. The molecule has 1 saturated heterocycles. The molecule has 0 bridgehead atoms. The summed E-state index contributed by atoms with van der Waals surface area (Å²) in [5.74, 6) is 1.51. The van der Waals surface area contributed by atoms with Gasteiger partial charge in [-0.25, -0.2) is 9.18 Å². The Balaban J connectivity index is 1.59. The number of amides is 2. The number of likely N-dealkylation sites (tertiary alicyclic amines) is 1. The van der Waals surface area contributed by atoms with E-state index in [9.17, 15) is 9.18 Å². The minimum atomic E-state index is -0.264. The standard InChI is InChI=1S/C26H36FN3O2/c1-4-29-14-13-23(16-29)18-30(17-22-5-9-24(27)10-6-22)26(31)28-15-21-7-11-25(12-8-21)32-19-20(2)3/h5-12,20,23H,4,13-19H2,1-3H3,(H,28,31)/t23-/m0/s1. The topological polar surface area (TPSA) is 44.8 Å². The highest BCUT2D eigenvalue weighted by atomic mass is 19.1. The van der Waals surface area contributed by atoms with Crippen LogP contribution in [0.3, 0.4) is 0 Å². The molecule has 2 aromatic rings. The third kappa shape index (κ3) is 7.52. The molecule has 2 aromatic carbocycles. The third-order valence-electron chi connectivity index (χ3n) is 5.82. The average Bonchev–Trinajstić information content (AvgIpc) is 3.25. The molecule has 1 aliphatic rings. The molecule has 0 unspecified atom stereocenters. The van der Waals surface area contributed by atoms with Crippen LogP contribution in [-0.4, -0.2) is 48.6 Å². The molecule has 1 atom stereocenters. The maximum absolute atomic E-state index is 13.3. The molecule has 1 fully saturated rings. The molecule has 32 heavy (non-hydrogen) atoms. The van der Waals surface area contributed by atoms with Crippen LogP contribution in [0.5, 0.6) is 5.75 Å². The normalized spacial score (nSPS) is 16.3. The monoisotopic (exact) mass is 441 g/mol. The number of nitrogens with one attached hydrogen (secondary N) is 1. The van der Waals surface area contributed by atoms with Crippen LogP contribution in [0, 0.1) is 17.7 Å². The molecule has 3 rings (SSSR count). The van der Waals surface area contributed by atoms with Gasteiger partial charge in [0, 0.05) is 26.2 Å². The van der Waals surface area contributed by atoms with E-state index < -0.39 is 0 Å². The van der Waals surface area contributed by atoms with E-state index >= 15 is 0 Å². The van der Waals surface area contributed by atoms with Gasteiger partial charge < -0.3 is 19.9 Å². The zero-order valence-electron chi connectivity index (χ0n) is 19.5. The number of ether oxygens (including phenoxy) is 1. The van der Waals surface area contributed by atoms with Crippen molar-refractivity contribution in [2.45, 2.75) is 40.3 Å². The van der Waals surface area contributed by atoms with Crippen molar-refractivity contribution in [1.29, 1.82) is 0 Å². The van der Waals surface area contributed by atoms with Crippen molar-refractivity contribution in [3.8, 4) is 5.75 Å². The molecule has 0 spiro atoms. The second-order valence-corrected chi connectivity index (χ2v) is 9.06. The summed E-state index contributed by atoms with van der Waals surface area (Å²) < 4.78 is 19.0. The van der Waals surface area contributed by atoms with Gasteiger partial charge in [0.2, 0.25) is 0 Å². The summed E-state index contributed by atoms with van der Waals surface area (Å²) in [7, 11) is 0. The minimum absolute atomic E-state index is 0.0931. The predicted octanol–water partition coefficient (Wildman–Crippen LogP) is 4.91. The van der Waals surface area contributed by atoms with E-state index in [1.807, 2.05) is 29.2 Å². The van der Waals surface area contributed by atoms with E-state index in [4.69, 9.17) is 4.74 Å². The highest BCUT2D eigenvalue weighted by molar-refractivity contribution is 5.74. The maximum atomic E-state index is 13.3. The van der Waals surface area contributed by atoms with Crippen molar-refractivity contribution in [2.24, 2.45) is 11.8 Å². The van der Waals surface area contributed by atoms with Crippen LogP contribution in [0.25, 0.3) is 0 Å². The van der Waals surface area contributed by atoms with E-state index in [1.165, 1.54) is 12.1 Å². The fourth-order valence-electron chi connectivity index (χ4n) is 3.95. The summed E-state index contributed by atoms with van der Waals surface area (Å²) in [6.45, 7) is 11.8. The van der Waals surface area contributed by atoms with Gasteiger partial charge in [0.1, 0.15) is 11.6 Å². The van der Waals surface area contributed by atoms with Crippen molar-refractivity contribution in [3.05, 3.63) is 65.5 Å². The SMILES string of the molecule is CCN1CC[C@H](CN(Cc2ccc(F)cc2)C(=O)NCc2ccc(OCC(C)C)cc2)C1. The highest BCUT2D eigenvalue weighted by Gasteiger charge is 2.25. The first-order valence-corrected chi connectivity index (χ1v) is 11.6. The van der Waals surface area contributed by atoms with E-state index in [2.05, 4.69) is 31.0 Å². The lowest BCUT2D eigenvalue weighted by atomic mass is 10.1. The third-order valence-corrected chi connectivity index (χ3v) is 5.82. The number of carbonyl (C=O) groups excluding carboxylic acids is 1. The molecular weight excluding hydrogens is 405 g/mol. The lowest BCUT2D eigenvalue weighted by Crippen LogP contribution is -2.42. The van der Waals surface area contributed by atoms with Gasteiger partial charge in [-0.05, 0) is 66.7 Å². The van der Waals surface area contributed by atoms with Crippen LogP contribution < -0.4 is 10.1 Å². The first-order chi connectivity index (χ1) is 15.4. The maximum Gasteiger partial charge on any atom is 0.317 e. The van der Waals surface area contributed by atoms with Gasteiger partial charge in [0.05, 0.1) is 6.61 Å². The molecule has 2 amide bonds. The van der Waals surface area contributed by atoms with Gasteiger partial charge in [0.15, 0.2) is 0 Å². The molecule has 1 heterocycles. The first kappa shape index (κ1) is 24.1. The summed E-state index contributed by atoms with van der Waals surface area (Å²) in [5.41, 5.74) is 1.95. The van der Waals surface area contributed by atoms with Crippen LogP contribution in [0.4, 0.5) is 9.18 Å². The van der Waals surface area contributed by atoms with Gasteiger partial charge in [0.25, 0.3) is 0 Å². The van der Waals surface area contributed by atoms with Crippen LogP contribution in [0.2, 0.25) is 0 Å². The number of rotatable bonds is 10. The summed E-state index contributed by atoms with van der Waals surface area (Å²) in [5, 5.41) is 3.06. The molecular formula is C26H36FN3O2. The Morgan fingerprint density at radius 3 is 2.47 bits per heavy atom. The zero-order chi connectivity index (χ0) is 22.9. The predicted molar refractivity (Wildman–Crippen MR) is 126 cm³/mol. The van der Waals surface area contributed by atoms with E-state index in [0.29, 0.717) is 38.1 Å². The highest BCUT2D eigenvalue weighted by Crippen LogP contribution is 2.19. The second-order valence-electron chi connectivity index (χ2n) is 9.06. The lowest BCUT2D eigenvalue weighted by molar-refractivity contribution is 0.183.